The summed E-state index contributed by atoms with van der Waals surface area (Å²) in [5, 5.41) is 0. The molecule has 0 saturated carbocycles. The van der Waals surface area contributed by atoms with E-state index in [4.69, 9.17) is 5.73 Å². The molecule has 0 spiro atoms. The Morgan fingerprint density at radius 2 is 1.82 bits per heavy atom. The molecule has 0 aliphatic carbocycles. The molecule has 1 aromatic carbocycles. The minimum atomic E-state index is -4.39. The Labute approximate surface area is 95.7 Å². The van der Waals surface area contributed by atoms with Crippen LogP contribution in [0.4, 0.5) is 19.0 Å². The first kappa shape index (κ1) is 11.5. The monoisotopic (exact) mass is 241 g/mol. The predicted octanol–water partition coefficient (Wildman–Crippen LogP) is 2.62. The number of nitrogens with zero attached hydrogens (tertiary/aromatic N) is 2. The number of anilines is 1. The summed E-state index contributed by atoms with van der Waals surface area (Å²) in [7, 11) is 0. The lowest BCUT2D eigenvalue weighted by Crippen LogP contribution is -2.26. The van der Waals surface area contributed by atoms with Crippen LogP contribution >= 0.6 is 0 Å². The molecule has 6 heteroatoms. The highest BCUT2D eigenvalue weighted by Gasteiger charge is 2.42. The zero-order valence-electron chi connectivity index (χ0n) is 8.72. The van der Waals surface area contributed by atoms with Crippen LogP contribution < -0.4 is 5.73 Å². The van der Waals surface area contributed by atoms with E-state index in [-0.39, 0.29) is 11.4 Å². The van der Waals surface area contributed by atoms with Gasteiger partial charge in [-0.05, 0) is 5.56 Å². The highest BCUT2D eigenvalue weighted by atomic mass is 19.4. The fraction of sp³-hybridized carbons (Fsp3) is 0.182. The molecule has 3 nitrogen and oxygen atoms in total. The molecule has 1 atom stereocenters. The van der Waals surface area contributed by atoms with Gasteiger partial charge in [0, 0.05) is 6.20 Å². The van der Waals surface area contributed by atoms with Gasteiger partial charge in [0.05, 0.1) is 6.33 Å². The molecule has 1 heterocycles. The summed E-state index contributed by atoms with van der Waals surface area (Å²) in [6.45, 7) is 0. The van der Waals surface area contributed by atoms with E-state index in [1.807, 2.05) is 0 Å². The van der Waals surface area contributed by atoms with Gasteiger partial charge in [0.15, 0.2) is 6.04 Å². The fourth-order valence-electron chi connectivity index (χ4n) is 1.66. The molecule has 0 fully saturated rings. The number of imidazole rings is 1. The zero-order valence-corrected chi connectivity index (χ0v) is 8.72. The van der Waals surface area contributed by atoms with Crippen LogP contribution in [0, 0.1) is 0 Å². The van der Waals surface area contributed by atoms with Crippen molar-refractivity contribution in [2.24, 2.45) is 0 Å². The van der Waals surface area contributed by atoms with Crippen LogP contribution in [0.2, 0.25) is 0 Å². The number of benzene rings is 1. The van der Waals surface area contributed by atoms with Gasteiger partial charge in [-0.3, -0.25) is 0 Å². The zero-order chi connectivity index (χ0) is 12.5. The summed E-state index contributed by atoms with van der Waals surface area (Å²) in [6.07, 6.45) is -2.14. The predicted molar refractivity (Wildman–Crippen MR) is 57.3 cm³/mol. The van der Waals surface area contributed by atoms with Gasteiger partial charge >= 0.3 is 6.18 Å². The Kier molecular flexibility index (Phi) is 2.79. The highest BCUT2D eigenvalue weighted by Crippen LogP contribution is 2.36. The molecule has 0 bridgehead atoms. The molecule has 0 radical (unpaired) electrons. The van der Waals surface area contributed by atoms with Crippen LogP contribution in [0.25, 0.3) is 0 Å². The summed E-state index contributed by atoms with van der Waals surface area (Å²) in [6, 6.07) is 5.89. The SMILES string of the molecule is Nc1cn(C(c2ccccc2)C(F)(F)F)cn1. The van der Waals surface area contributed by atoms with Gasteiger partial charge in [-0.2, -0.15) is 13.2 Å². The van der Waals surface area contributed by atoms with Crippen molar-refractivity contribution in [2.75, 3.05) is 5.73 Å². The number of halogens is 3. The molecular weight excluding hydrogens is 231 g/mol. The molecule has 0 aliphatic heterocycles. The Balaban J connectivity index is 2.47. The van der Waals surface area contributed by atoms with Crippen molar-refractivity contribution in [3.8, 4) is 0 Å². The molecule has 0 amide bonds. The van der Waals surface area contributed by atoms with Crippen LogP contribution in [0.15, 0.2) is 42.9 Å². The lowest BCUT2D eigenvalue weighted by molar-refractivity contribution is -0.156. The molecule has 90 valence electrons. The number of hydrogen-bond acceptors (Lipinski definition) is 2. The van der Waals surface area contributed by atoms with E-state index in [2.05, 4.69) is 4.98 Å². The van der Waals surface area contributed by atoms with Crippen molar-refractivity contribution >= 4 is 5.82 Å². The van der Waals surface area contributed by atoms with Crippen LogP contribution in [-0.2, 0) is 0 Å². The maximum atomic E-state index is 13.0. The Morgan fingerprint density at radius 3 is 2.29 bits per heavy atom. The number of rotatable bonds is 2. The van der Waals surface area contributed by atoms with Gasteiger partial charge < -0.3 is 10.3 Å². The fourth-order valence-corrected chi connectivity index (χ4v) is 1.66. The van der Waals surface area contributed by atoms with E-state index in [1.54, 1.807) is 18.2 Å². The van der Waals surface area contributed by atoms with E-state index in [9.17, 15) is 13.2 Å². The Bertz CT molecular complexity index is 490. The number of aromatic nitrogens is 2. The number of alkyl halides is 3. The van der Waals surface area contributed by atoms with Crippen molar-refractivity contribution in [2.45, 2.75) is 12.2 Å². The van der Waals surface area contributed by atoms with Gasteiger partial charge in [0.2, 0.25) is 0 Å². The lowest BCUT2D eigenvalue weighted by atomic mass is 10.1. The van der Waals surface area contributed by atoms with Crippen molar-refractivity contribution in [3.05, 3.63) is 48.4 Å². The lowest BCUT2D eigenvalue weighted by Gasteiger charge is -2.21. The average Bonchev–Trinajstić information content (AvgIpc) is 2.64. The summed E-state index contributed by atoms with van der Waals surface area (Å²) in [5.74, 6) is 0.0650. The summed E-state index contributed by atoms with van der Waals surface area (Å²) in [4.78, 5) is 3.62. The number of nitrogen functional groups attached to an aromatic ring is 1. The summed E-state index contributed by atoms with van der Waals surface area (Å²) in [5.41, 5.74) is 5.49. The maximum absolute atomic E-state index is 13.0. The van der Waals surface area contributed by atoms with E-state index < -0.39 is 12.2 Å². The minimum absolute atomic E-state index is 0.0650. The molecule has 0 saturated heterocycles. The van der Waals surface area contributed by atoms with Crippen LogP contribution in [0.3, 0.4) is 0 Å². The second kappa shape index (κ2) is 4.12. The molecule has 2 rings (SSSR count). The smallest absolute Gasteiger partial charge is 0.382 e. The summed E-state index contributed by atoms with van der Waals surface area (Å²) < 4.78 is 40.0. The third-order valence-electron chi connectivity index (χ3n) is 2.34. The van der Waals surface area contributed by atoms with Crippen molar-refractivity contribution in [1.82, 2.24) is 9.55 Å². The minimum Gasteiger partial charge on any atom is -0.382 e. The maximum Gasteiger partial charge on any atom is 0.413 e. The second-order valence-corrected chi connectivity index (χ2v) is 3.60. The molecule has 17 heavy (non-hydrogen) atoms. The van der Waals surface area contributed by atoms with Crippen molar-refractivity contribution < 1.29 is 13.2 Å². The van der Waals surface area contributed by atoms with Gasteiger partial charge in [0.25, 0.3) is 0 Å². The molecule has 2 N–H and O–H groups in total. The first-order valence-electron chi connectivity index (χ1n) is 4.89. The van der Waals surface area contributed by atoms with Crippen LogP contribution in [-0.4, -0.2) is 15.7 Å². The first-order valence-corrected chi connectivity index (χ1v) is 4.89. The second-order valence-electron chi connectivity index (χ2n) is 3.60. The highest BCUT2D eigenvalue weighted by molar-refractivity contribution is 5.27. The van der Waals surface area contributed by atoms with E-state index in [0.29, 0.717) is 0 Å². The molecule has 0 aliphatic rings. The van der Waals surface area contributed by atoms with Gasteiger partial charge in [-0.15, -0.1) is 0 Å². The van der Waals surface area contributed by atoms with E-state index >= 15 is 0 Å². The van der Waals surface area contributed by atoms with Gasteiger partial charge in [-0.1, -0.05) is 30.3 Å². The first-order chi connectivity index (χ1) is 7.98. The van der Waals surface area contributed by atoms with Crippen LogP contribution in [0.1, 0.15) is 11.6 Å². The Morgan fingerprint density at radius 1 is 1.18 bits per heavy atom. The Hall–Kier alpha value is -1.98. The quantitative estimate of drug-likeness (QED) is 0.878. The molecular formula is C11H10F3N3. The topological polar surface area (TPSA) is 43.8 Å². The normalized spacial score (nSPS) is 13.6. The average molecular weight is 241 g/mol. The van der Waals surface area contributed by atoms with Crippen molar-refractivity contribution in [3.63, 3.8) is 0 Å². The molecule has 1 aromatic heterocycles. The third kappa shape index (κ3) is 2.41. The number of nitrogens with two attached hydrogens (primary N) is 1. The van der Waals surface area contributed by atoms with Gasteiger partial charge in [-0.25, -0.2) is 4.98 Å². The van der Waals surface area contributed by atoms with E-state index in [1.165, 1.54) is 18.3 Å². The standard InChI is InChI=1S/C11H10F3N3/c12-11(13,14)10(8-4-2-1-3-5-8)17-6-9(15)16-7-17/h1-7,10H,15H2. The van der Waals surface area contributed by atoms with Gasteiger partial charge in [0.1, 0.15) is 5.82 Å². The van der Waals surface area contributed by atoms with Crippen molar-refractivity contribution in [1.29, 1.82) is 0 Å². The molecule has 2 aromatic rings. The number of hydrogen-bond donors (Lipinski definition) is 1. The van der Waals surface area contributed by atoms with Crippen LogP contribution in [0.5, 0.6) is 0 Å². The largest absolute Gasteiger partial charge is 0.413 e. The third-order valence-corrected chi connectivity index (χ3v) is 2.34. The summed E-state index contributed by atoms with van der Waals surface area (Å²) >= 11 is 0. The molecule has 1 unspecified atom stereocenters. The van der Waals surface area contributed by atoms with E-state index in [0.717, 1.165) is 10.9 Å².